The monoisotopic (exact) mass is 366 g/mol. The highest BCUT2D eigenvalue weighted by Gasteiger charge is 2.17. The first-order chi connectivity index (χ1) is 13.2. The molecule has 0 aliphatic heterocycles. The molecule has 0 aliphatic rings. The number of hydrogen-bond acceptors (Lipinski definition) is 4. The summed E-state index contributed by atoms with van der Waals surface area (Å²) in [5.74, 6) is -0.297. The fourth-order valence-corrected chi connectivity index (χ4v) is 3.03. The standard InChI is InChI=1S/C23H30N2O2/c1-2-27-23(26)16-15-22(14-9-17-24)25(18-20-10-5-3-6-11-20)19-21-12-7-4-8-13-21/h3-8,10-13,15-16,22H,2,9,14,17-19,24H2,1H3/b16-15+/t22-/m0/s1. The van der Waals surface area contributed by atoms with E-state index in [-0.39, 0.29) is 12.0 Å². The van der Waals surface area contributed by atoms with Crippen LogP contribution in [0.4, 0.5) is 0 Å². The van der Waals surface area contributed by atoms with Gasteiger partial charge in [-0.2, -0.15) is 0 Å². The van der Waals surface area contributed by atoms with Gasteiger partial charge in [0.05, 0.1) is 6.61 Å². The van der Waals surface area contributed by atoms with Crippen LogP contribution in [0.3, 0.4) is 0 Å². The van der Waals surface area contributed by atoms with E-state index < -0.39 is 0 Å². The molecule has 4 heteroatoms. The molecular weight excluding hydrogens is 336 g/mol. The van der Waals surface area contributed by atoms with Crippen LogP contribution in [0.2, 0.25) is 0 Å². The van der Waals surface area contributed by atoms with Gasteiger partial charge in [-0.05, 0) is 37.4 Å². The topological polar surface area (TPSA) is 55.6 Å². The summed E-state index contributed by atoms with van der Waals surface area (Å²) in [7, 11) is 0. The van der Waals surface area contributed by atoms with Gasteiger partial charge in [0.15, 0.2) is 0 Å². The maximum Gasteiger partial charge on any atom is 0.330 e. The molecule has 27 heavy (non-hydrogen) atoms. The average molecular weight is 367 g/mol. The number of carbonyl (C=O) groups excluding carboxylic acids is 1. The Balaban J connectivity index is 2.22. The van der Waals surface area contributed by atoms with E-state index in [1.165, 1.54) is 11.1 Å². The molecule has 2 N–H and O–H groups in total. The van der Waals surface area contributed by atoms with Crippen LogP contribution in [-0.2, 0) is 22.6 Å². The molecule has 0 unspecified atom stereocenters. The molecule has 2 rings (SSSR count). The molecule has 0 bridgehead atoms. The molecule has 0 spiro atoms. The van der Waals surface area contributed by atoms with E-state index in [2.05, 4.69) is 53.4 Å². The number of ether oxygens (including phenoxy) is 1. The molecule has 0 aromatic heterocycles. The van der Waals surface area contributed by atoms with Crippen molar-refractivity contribution in [2.75, 3.05) is 13.2 Å². The quantitative estimate of drug-likeness (QED) is 0.484. The Kier molecular flexibility index (Phi) is 9.31. The molecular formula is C23H30N2O2. The van der Waals surface area contributed by atoms with Gasteiger partial charge in [-0.3, -0.25) is 4.90 Å². The largest absolute Gasteiger partial charge is 0.463 e. The second-order valence-electron chi connectivity index (χ2n) is 6.49. The van der Waals surface area contributed by atoms with Crippen molar-refractivity contribution in [2.45, 2.75) is 38.9 Å². The van der Waals surface area contributed by atoms with Crippen molar-refractivity contribution in [3.63, 3.8) is 0 Å². The molecule has 0 amide bonds. The van der Waals surface area contributed by atoms with Crippen LogP contribution in [-0.4, -0.2) is 30.1 Å². The summed E-state index contributed by atoms with van der Waals surface area (Å²) in [4.78, 5) is 14.2. The summed E-state index contributed by atoms with van der Waals surface area (Å²) in [5.41, 5.74) is 8.24. The fourth-order valence-electron chi connectivity index (χ4n) is 3.03. The third-order valence-electron chi connectivity index (χ3n) is 4.37. The first-order valence-electron chi connectivity index (χ1n) is 9.59. The molecule has 0 fully saturated rings. The molecule has 0 heterocycles. The van der Waals surface area contributed by atoms with Gasteiger partial charge in [-0.1, -0.05) is 66.7 Å². The van der Waals surface area contributed by atoms with Crippen LogP contribution in [0, 0.1) is 0 Å². The van der Waals surface area contributed by atoms with Gasteiger partial charge in [0.2, 0.25) is 0 Å². The molecule has 144 valence electrons. The molecule has 2 aromatic carbocycles. The normalized spacial score (nSPS) is 12.4. The van der Waals surface area contributed by atoms with Crippen molar-refractivity contribution in [1.82, 2.24) is 4.90 Å². The number of benzene rings is 2. The number of hydrogen-bond donors (Lipinski definition) is 1. The molecule has 4 nitrogen and oxygen atoms in total. The minimum absolute atomic E-state index is 0.110. The highest BCUT2D eigenvalue weighted by Crippen LogP contribution is 2.17. The lowest BCUT2D eigenvalue weighted by atomic mass is 10.1. The third-order valence-corrected chi connectivity index (χ3v) is 4.37. The zero-order valence-electron chi connectivity index (χ0n) is 16.1. The van der Waals surface area contributed by atoms with E-state index in [0.29, 0.717) is 13.2 Å². The van der Waals surface area contributed by atoms with Gasteiger partial charge in [0, 0.05) is 25.2 Å². The lowest BCUT2D eigenvalue weighted by Crippen LogP contribution is -2.33. The zero-order chi connectivity index (χ0) is 19.3. The van der Waals surface area contributed by atoms with E-state index in [0.717, 1.165) is 25.9 Å². The van der Waals surface area contributed by atoms with Crippen LogP contribution < -0.4 is 5.73 Å². The van der Waals surface area contributed by atoms with E-state index in [4.69, 9.17) is 10.5 Å². The van der Waals surface area contributed by atoms with Crippen LogP contribution >= 0.6 is 0 Å². The van der Waals surface area contributed by atoms with Crippen LogP contribution in [0.25, 0.3) is 0 Å². The lowest BCUT2D eigenvalue weighted by molar-refractivity contribution is -0.137. The second-order valence-corrected chi connectivity index (χ2v) is 6.49. The van der Waals surface area contributed by atoms with Crippen LogP contribution in [0.15, 0.2) is 72.8 Å². The Labute approximate surface area is 162 Å². The minimum atomic E-state index is -0.297. The van der Waals surface area contributed by atoms with Gasteiger partial charge >= 0.3 is 5.97 Å². The van der Waals surface area contributed by atoms with Gasteiger partial charge in [0.1, 0.15) is 0 Å². The first-order valence-corrected chi connectivity index (χ1v) is 9.59. The summed E-state index contributed by atoms with van der Waals surface area (Å²) in [5, 5.41) is 0. The minimum Gasteiger partial charge on any atom is -0.463 e. The molecule has 0 radical (unpaired) electrons. The maximum absolute atomic E-state index is 11.8. The van der Waals surface area contributed by atoms with Crippen molar-refractivity contribution >= 4 is 5.97 Å². The molecule has 0 aliphatic carbocycles. The summed E-state index contributed by atoms with van der Waals surface area (Å²) in [6, 6.07) is 20.9. The summed E-state index contributed by atoms with van der Waals surface area (Å²) >= 11 is 0. The fraction of sp³-hybridized carbons (Fsp3) is 0.348. The number of nitrogens with two attached hydrogens (primary N) is 1. The highest BCUT2D eigenvalue weighted by molar-refractivity contribution is 5.81. The molecule has 0 saturated carbocycles. The molecule has 2 aromatic rings. The highest BCUT2D eigenvalue weighted by atomic mass is 16.5. The Hall–Kier alpha value is -2.43. The van der Waals surface area contributed by atoms with Crippen molar-refractivity contribution in [2.24, 2.45) is 5.73 Å². The van der Waals surface area contributed by atoms with E-state index >= 15 is 0 Å². The predicted molar refractivity (Wildman–Crippen MR) is 110 cm³/mol. The summed E-state index contributed by atoms with van der Waals surface area (Å²) < 4.78 is 5.04. The third kappa shape index (κ3) is 7.77. The van der Waals surface area contributed by atoms with Crippen LogP contribution in [0.1, 0.15) is 30.9 Å². The maximum atomic E-state index is 11.8. The average Bonchev–Trinajstić information content (AvgIpc) is 2.69. The lowest BCUT2D eigenvalue weighted by Gasteiger charge is -2.30. The Morgan fingerprint density at radius 3 is 2.07 bits per heavy atom. The number of nitrogens with zero attached hydrogens (tertiary/aromatic N) is 1. The molecule has 1 atom stereocenters. The van der Waals surface area contributed by atoms with E-state index in [9.17, 15) is 4.79 Å². The SMILES string of the molecule is CCOC(=O)/C=C/[C@H](CCCN)N(Cc1ccccc1)Cc1ccccc1. The smallest absolute Gasteiger partial charge is 0.330 e. The van der Waals surface area contributed by atoms with Crippen LogP contribution in [0.5, 0.6) is 0 Å². The van der Waals surface area contributed by atoms with Gasteiger partial charge in [-0.25, -0.2) is 4.79 Å². The zero-order valence-corrected chi connectivity index (χ0v) is 16.1. The first kappa shape index (κ1) is 20.9. The number of carbonyl (C=O) groups is 1. The Bertz CT molecular complexity index is 645. The van der Waals surface area contributed by atoms with Crippen molar-refractivity contribution in [3.8, 4) is 0 Å². The van der Waals surface area contributed by atoms with Crippen molar-refractivity contribution in [1.29, 1.82) is 0 Å². The van der Waals surface area contributed by atoms with Crippen molar-refractivity contribution < 1.29 is 9.53 Å². The second kappa shape index (κ2) is 12.0. The Morgan fingerprint density at radius 1 is 1.04 bits per heavy atom. The van der Waals surface area contributed by atoms with Gasteiger partial charge in [-0.15, -0.1) is 0 Å². The number of rotatable bonds is 11. The predicted octanol–water partition coefficient (Wildman–Crippen LogP) is 3.92. The van der Waals surface area contributed by atoms with Crippen molar-refractivity contribution in [3.05, 3.63) is 83.9 Å². The Morgan fingerprint density at radius 2 is 1.59 bits per heavy atom. The van der Waals surface area contributed by atoms with Gasteiger partial charge < -0.3 is 10.5 Å². The molecule has 0 saturated heterocycles. The summed E-state index contributed by atoms with van der Waals surface area (Å²) in [6.07, 6.45) is 5.30. The summed E-state index contributed by atoms with van der Waals surface area (Å²) in [6.45, 7) is 4.44. The van der Waals surface area contributed by atoms with Gasteiger partial charge in [0.25, 0.3) is 0 Å². The van der Waals surface area contributed by atoms with E-state index in [1.54, 1.807) is 6.08 Å². The van der Waals surface area contributed by atoms with E-state index in [1.807, 2.05) is 25.1 Å². The number of esters is 1.